The zero-order chi connectivity index (χ0) is 24.5. The highest BCUT2D eigenvalue weighted by Gasteiger charge is 2.27. The van der Waals surface area contributed by atoms with Crippen molar-refractivity contribution in [2.24, 2.45) is 12.8 Å². The highest BCUT2D eigenvalue weighted by atomic mass is 32.2. The van der Waals surface area contributed by atoms with Gasteiger partial charge in [0, 0.05) is 32.4 Å². The average molecular weight is 487 g/mol. The first-order valence-corrected chi connectivity index (χ1v) is 12.4. The molecule has 0 radical (unpaired) electrons. The van der Waals surface area contributed by atoms with Crippen LogP contribution in [0.5, 0.6) is 0 Å². The maximum absolute atomic E-state index is 13.5. The van der Waals surface area contributed by atoms with E-state index in [2.05, 4.69) is 26.5 Å². The van der Waals surface area contributed by atoms with E-state index in [-0.39, 0.29) is 29.6 Å². The average Bonchev–Trinajstić information content (AvgIpc) is 3.19. The van der Waals surface area contributed by atoms with Gasteiger partial charge in [-0.3, -0.25) is 18.7 Å². The Kier molecular flexibility index (Phi) is 6.45. The van der Waals surface area contributed by atoms with Crippen LogP contribution in [0.2, 0.25) is 0 Å². The van der Waals surface area contributed by atoms with Gasteiger partial charge in [0.15, 0.2) is 17.0 Å². The van der Waals surface area contributed by atoms with Crippen molar-refractivity contribution < 1.29 is 8.42 Å². The van der Waals surface area contributed by atoms with Crippen molar-refractivity contribution in [1.82, 2.24) is 23.7 Å². The Morgan fingerprint density at radius 2 is 2.06 bits per heavy atom. The second kappa shape index (κ2) is 9.32. The predicted molar refractivity (Wildman–Crippen MR) is 129 cm³/mol. The minimum absolute atomic E-state index is 0.0393. The molecule has 180 valence electrons. The van der Waals surface area contributed by atoms with Gasteiger partial charge in [-0.25, -0.2) is 22.8 Å². The molecule has 34 heavy (non-hydrogen) atoms. The molecule has 0 spiro atoms. The minimum Gasteiger partial charge on any atom is -0.341 e. The number of aryl methyl sites for hydroxylation is 1. The molecule has 3 aromatic rings. The smallest absolute Gasteiger partial charge is 0.333 e. The van der Waals surface area contributed by atoms with Gasteiger partial charge in [-0.15, -0.1) is 5.92 Å². The van der Waals surface area contributed by atoms with Gasteiger partial charge < -0.3 is 10.6 Å². The highest BCUT2D eigenvalue weighted by Crippen LogP contribution is 2.22. The fourth-order valence-corrected chi connectivity index (χ4v) is 5.07. The number of rotatable bonds is 6. The molecule has 0 bridgehead atoms. The van der Waals surface area contributed by atoms with Gasteiger partial charge in [0.25, 0.3) is 15.6 Å². The molecular weight excluding hydrogens is 460 g/mol. The lowest BCUT2D eigenvalue weighted by molar-refractivity contribution is 0.496. The number of nitrogens with two attached hydrogens (primary N) is 1. The van der Waals surface area contributed by atoms with Crippen molar-refractivity contribution in [3.63, 3.8) is 0 Å². The van der Waals surface area contributed by atoms with Crippen LogP contribution in [0, 0.1) is 11.8 Å². The summed E-state index contributed by atoms with van der Waals surface area (Å²) in [6.45, 7) is 3.08. The first-order chi connectivity index (χ1) is 16.2. The summed E-state index contributed by atoms with van der Waals surface area (Å²) in [5.41, 5.74) is 4.85. The number of aromatic nitrogens is 5. The van der Waals surface area contributed by atoms with Gasteiger partial charge >= 0.3 is 5.69 Å². The normalized spacial score (nSPS) is 16.3. The number of pyridine rings is 1. The van der Waals surface area contributed by atoms with Crippen LogP contribution in [0.1, 0.15) is 19.8 Å². The monoisotopic (exact) mass is 486 g/mol. The number of nitrogens with one attached hydrogen (secondary N) is 1. The molecule has 0 aliphatic carbocycles. The zero-order valence-electron chi connectivity index (χ0n) is 18.9. The number of anilines is 2. The van der Waals surface area contributed by atoms with E-state index in [9.17, 15) is 18.0 Å². The van der Waals surface area contributed by atoms with Crippen molar-refractivity contribution in [2.75, 3.05) is 22.7 Å². The third kappa shape index (κ3) is 4.55. The SMILES string of the molecule is CC#CCn1c(N2CCCC(N)C2)nc2c1c(=O)n(CS(=O)(=O)Nc1ccccn1)c(=O)n2C. The van der Waals surface area contributed by atoms with Crippen LogP contribution in [0.15, 0.2) is 34.0 Å². The van der Waals surface area contributed by atoms with Crippen LogP contribution in [0.3, 0.4) is 0 Å². The first-order valence-electron chi connectivity index (χ1n) is 10.7. The van der Waals surface area contributed by atoms with Gasteiger partial charge in [-0.05, 0) is 31.9 Å². The summed E-state index contributed by atoms with van der Waals surface area (Å²) < 4.78 is 31.2. The Labute approximate surface area is 196 Å². The van der Waals surface area contributed by atoms with E-state index in [1.807, 2.05) is 4.90 Å². The van der Waals surface area contributed by atoms with Gasteiger partial charge in [0.2, 0.25) is 5.95 Å². The van der Waals surface area contributed by atoms with Crippen LogP contribution >= 0.6 is 0 Å². The Morgan fingerprint density at radius 3 is 2.74 bits per heavy atom. The third-order valence-electron chi connectivity index (χ3n) is 5.59. The van der Waals surface area contributed by atoms with Gasteiger partial charge in [-0.1, -0.05) is 12.0 Å². The zero-order valence-corrected chi connectivity index (χ0v) is 19.7. The molecule has 3 N–H and O–H groups in total. The lowest BCUT2D eigenvalue weighted by Gasteiger charge is -2.31. The summed E-state index contributed by atoms with van der Waals surface area (Å²) in [5.74, 6) is 5.43. The van der Waals surface area contributed by atoms with Crippen molar-refractivity contribution in [3.05, 3.63) is 45.2 Å². The van der Waals surface area contributed by atoms with Crippen molar-refractivity contribution in [1.29, 1.82) is 0 Å². The molecule has 1 aliphatic heterocycles. The molecule has 4 rings (SSSR count). The standard InChI is InChI=1S/C21H26N8O4S/c1-3-4-12-28-17-18(24-20(28)27-11-7-8-15(22)13-27)26(2)21(31)29(19(17)30)14-34(32,33)25-16-9-5-6-10-23-16/h5-6,9-10,15H,7-8,11-14,22H2,1-2H3,(H,23,25). The number of hydrogen-bond donors (Lipinski definition) is 2. The third-order valence-corrected chi connectivity index (χ3v) is 6.71. The van der Waals surface area contributed by atoms with Gasteiger partial charge in [0.1, 0.15) is 5.82 Å². The van der Waals surface area contributed by atoms with Crippen LogP contribution in [0.25, 0.3) is 11.2 Å². The molecule has 1 saturated heterocycles. The van der Waals surface area contributed by atoms with Crippen LogP contribution < -0.4 is 26.6 Å². The molecule has 4 heterocycles. The molecule has 0 amide bonds. The fraction of sp³-hybridized carbons (Fsp3) is 0.429. The van der Waals surface area contributed by atoms with Crippen LogP contribution in [0.4, 0.5) is 11.8 Å². The molecule has 1 atom stereocenters. The predicted octanol–water partition coefficient (Wildman–Crippen LogP) is -0.358. The number of piperidine rings is 1. The van der Waals surface area contributed by atoms with E-state index < -0.39 is 27.1 Å². The topological polar surface area (TPSA) is 150 Å². The molecule has 1 fully saturated rings. The first kappa shape index (κ1) is 23.5. The quantitative estimate of drug-likeness (QED) is 0.449. The Balaban J connectivity index is 1.85. The van der Waals surface area contributed by atoms with Crippen molar-refractivity contribution in [2.45, 2.75) is 38.2 Å². The Hall–Kier alpha value is -3.63. The Bertz CT molecular complexity index is 1500. The maximum atomic E-state index is 13.5. The summed E-state index contributed by atoms with van der Waals surface area (Å²) in [4.78, 5) is 37.0. The molecule has 0 saturated carbocycles. The number of sulfonamides is 1. The second-order valence-corrected chi connectivity index (χ2v) is 9.77. The van der Waals surface area contributed by atoms with E-state index >= 15 is 0 Å². The van der Waals surface area contributed by atoms with E-state index in [4.69, 9.17) is 5.73 Å². The number of imidazole rings is 1. The molecule has 12 nitrogen and oxygen atoms in total. The number of hydrogen-bond acceptors (Lipinski definition) is 8. The minimum atomic E-state index is -4.12. The molecule has 1 unspecified atom stereocenters. The number of nitrogens with zero attached hydrogens (tertiary/aromatic N) is 6. The van der Waals surface area contributed by atoms with E-state index in [0.717, 1.165) is 12.8 Å². The summed E-state index contributed by atoms with van der Waals surface area (Å²) in [6, 6.07) is 4.68. The summed E-state index contributed by atoms with van der Waals surface area (Å²) in [5, 5.41) is 0. The van der Waals surface area contributed by atoms with Crippen LogP contribution in [-0.2, 0) is 29.5 Å². The highest BCUT2D eigenvalue weighted by molar-refractivity contribution is 7.91. The molecule has 1 aliphatic rings. The largest absolute Gasteiger partial charge is 0.341 e. The van der Waals surface area contributed by atoms with Crippen LogP contribution in [-0.4, -0.2) is 51.2 Å². The Morgan fingerprint density at radius 1 is 1.26 bits per heavy atom. The second-order valence-electron chi connectivity index (χ2n) is 8.08. The number of fused-ring (bicyclic) bond motifs is 1. The van der Waals surface area contributed by atoms with E-state index in [1.165, 1.54) is 23.9 Å². The molecule has 0 aromatic carbocycles. The van der Waals surface area contributed by atoms with Crippen molar-refractivity contribution >= 4 is 33.0 Å². The summed E-state index contributed by atoms with van der Waals surface area (Å²) in [6.07, 6.45) is 3.18. The lowest BCUT2D eigenvalue weighted by Crippen LogP contribution is -2.44. The summed E-state index contributed by atoms with van der Waals surface area (Å²) in [7, 11) is -2.66. The van der Waals surface area contributed by atoms with Crippen molar-refractivity contribution in [3.8, 4) is 11.8 Å². The molecule has 3 aromatic heterocycles. The fourth-order valence-electron chi connectivity index (χ4n) is 4.00. The maximum Gasteiger partial charge on any atom is 0.333 e. The summed E-state index contributed by atoms with van der Waals surface area (Å²) >= 11 is 0. The molecular formula is C21H26N8O4S. The molecule has 13 heteroatoms. The van der Waals surface area contributed by atoms with Gasteiger partial charge in [-0.2, -0.15) is 4.98 Å². The van der Waals surface area contributed by atoms with Gasteiger partial charge in [0.05, 0.1) is 6.54 Å². The lowest BCUT2D eigenvalue weighted by atomic mass is 10.1. The van der Waals surface area contributed by atoms with E-state index in [0.29, 0.717) is 23.6 Å². The van der Waals surface area contributed by atoms with E-state index in [1.54, 1.807) is 23.6 Å².